The number of anilines is 2. The van der Waals surface area contributed by atoms with E-state index in [0.717, 1.165) is 16.8 Å². The van der Waals surface area contributed by atoms with Gasteiger partial charge in [-0.3, -0.25) is 4.79 Å². The number of rotatable bonds is 8. The predicted molar refractivity (Wildman–Crippen MR) is 131 cm³/mol. The van der Waals surface area contributed by atoms with Gasteiger partial charge in [0.25, 0.3) is 5.92 Å². The smallest absolute Gasteiger partial charge is 0.251 e. The van der Waals surface area contributed by atoms with E-state index in [1.165, 1.54) is 0 Å². The molecule has 3 aromatic rings. The summed E-state index contributed by atoms with van der Waals surface area (Å²) in [7, 11) is 0. The molecule has 1 fully saturated rings. The molecule has 1 amide bonds. The van der Waals surface area contributed by atoms with Crippen molar-refractivity contribution in [1.29, 1.82) is 5.26 Å². The van der Waals surface area contributed by atoms with Gasteiger partial charge in [-0.2, -0.15) is 5.26 Å². The average molecular weight is 476 g/mol. The summed E-state index contributed by atoms with van der Waals surface area (Å²) in [5, 5.41) is 15.1. The molecule has 0 saturated carbocycles. The zero-order chi connectivity index (χ0) is 24.7. The number of carbonyl (C=O) groups excluding carboxylic acids is 1. The minimum Gasteiger partial charge on any atom is -0.370 e. The standard InChI is InChI=1S/C27H27F2N5O/c28-27(29)13-16-34(17-14-27)23-10-11-24(32-19-23)33-26(35)25(22-4-2-1-3-5-22)31-15-12-20-6-8-21(18-30)9-7-20/h1-11,19,25,31H,12-17H2,(H,32,33,35). The van der Waals surface area contributed by atoms with E-state index in [4.69, 9.17) is 5.26 Å². The number of nitrogens with zero attached hydrogens (tertiary/aromatic N) is 3. The van der Waals surface area contributed by atoms with Crippen LogP contribution in [0.1, 0.15) is 35.6 Å². The van der Waals surface area contributed by atoms with Gasteiger partial charge in [0.1, 0.15) is 11.9 Å². The van der Waals surface area contributed by atoms with E-state index in [-0.39, 0.29) is 31.8 Å². The normalized spacial score (nSPS) is 15.7. The number of amides is 1. The van der Waals surface area contributed by atoms with Gasteiger partial charge in [0.15, 0.2) is 0 Å². The van der Waals surface area contributed by atoms with Gasteiger partial charge in [0, 0.05) is 32.5 Å². The van der Waals surface area contributed by atoms with Crippen molar-refractivity contribution in [3.63, 3.8) is 0 Å². The van der Waals surface area contributed by atoms with Crippen LogP contribution in [0, 0.1) is 11.3 Å². The third-order valence-corrected chi connectivity index (χ3v) is 6.10. The SMILES string of the molecule is N#Cc1ccc(CCNC(C(=O)Nc2ccc(N3CCC(F)(F)CC3)cn2)c2ccccc2)cc1. The molecule has 2 aromatic carbocycles. The second-order valence-electron chi connectivity index (χ2n) is 8.59. The highest BCUT2D eigenvalue weighted by atomic mass is 19.3. The summed E-state index contributed by atoms with van der Waals surface area (Å²) in [6.07, 6.45) is 1.97. The molecule has 8 heteroatoms. The summed E-state index contributed by atoms with van der Waals surface area (Å²) in [6.45, 7) is 1.12. The lowest BCUT2D eigenvalue weighted by molar-refractivity contribution is -0.118. The number of pyridine rings is 1. The van der Waals surface area contributed by atoms with Gasteiger partial charge in [-0.15, -0.1) is 0 Å². The molecule has 180 valence electrons. The molecule has 0 aliphatic carbocycles. The topological polar surface area (TPSA) is 81.0 Å². The van der Waals surface area contributed by atoms with Crippen LogP contribution in [0.3, 0.4) is 0 Å². The fraction of sp³-hybridized carbons (Fsp3) is 0.296. The maximum absolute atomic E-state index is 13.4. The lowest BCUT2D eigenvalue weighted by Crippen LogP contribution is -2.39. The first-order chi connectivity index (χ1) is 16.9. The lowest BCUT2D eigenvalue weighted by Gasteiger charge is -2.33. The van der Waals surface area contributed by atoms with Crippen LogP contribution < -0.4 is 15.5 Å². The molecule has 6 nitrogen and oxygen atoms in total. The largest absolute Gasteiger partial charge is 0.370 e. The molecule has 0 radical (unpaired) electrons. The Morgan fingerprint density at radius 2 is 1.77 bits per heavy atom. The van der Waals surface area contributed by atoms with Crippen molar-refractivity contribution in [1.82, 2.24) is 10.3 Å². The van der Waals surface area contributed by atoms with Gasteiger partial charge >= 0.3 is 0 Å². The van der Waals surface area contributed by atoms with Crippen LogP contribution in [-0.2, 0) is 11.2 Å². The second-order valence-corrected chi connectivity index (χ2v) is 8.59. The molecule has 35 heavy (non-hydrogen) atoms. The van der Waals surface area contributed by atoms with Crippen molar-refractivity contribution in [3.8, 4) is 6.07 Å². The minimum absolute atomic E-state index is 0.168. The van der Waals surface area contributed by atoms with E-state index in [0.29, 0.717) is 24.3 Å². The Morgan fingerprint density at radius 3 is 2.40 bits per heavy atom. The third kappa shape index (κ3) is 6.61. The molecule has 2 N–H and O–H groups in total. The summed E-state index contributed by atoms with van der Waals surface area (Å²) < 4.78 is 26.9. The highest BCUT2D eigenvalue weighted by Crippen LogP contribution is 2.30. The number of hydrogen-bond acceptors (Lipinski definition) is 5. The molecular weight excluding hydrogens is 448 g/mol. The Balaban J connectivity index is 1.38. The number of benzene rings is 2. The Morgan fingerprint density at radius 1 is 1.06 bits per heavy atom. The quantitative estimate of drug-likeness (QED) is 0.494. The molecule has 0 spiro atoms. The molecule has 2 heterocycles. The number of nitriles is 1. The summed E-state index contributed by atoms with van der Waals surface area (Å²) in [6, 6.07) is 21.8. The van der Waals surface area contributed by atoms with E-state index in [9.17, 15) is 13.6 Å². The monoisotopic (exact) mass is 475 g/mol. The number of aromatic nitrogens is 1. The maximum atomic E-state index is 13.4. The van der Waals surface area contributed by atoms with Crippen molar-refractivity contribution in [2.24, 2.45) is 0 Å². The molecule has 0 bridgehead atoms. The van der Waals surface area contributed by atoms with Gasteiger partial charge in [0.2, 0.25) is 5.91 Å². The van der Waals surface area contributed by atoms with E-state index in [2.05, 4.69) is 21.7 Å². The Hall–Kier alpha value is -3.83. The zero-order valence-electron chi connectivity index (χ0n) is 19.3. The molecule has 1 aromatic heterocycles. The molecule has 1 saturated heterocycles. The summed E-state index contributed by atoms with van der Waals surface area (Å²) in [4.78, 5) is 19.4. The fourth-order valence-electron chi connectivity index (χ4n) is 4.05. The maximum Gasteiger partial charge on any atom is 0.251 e. The predicted octanol–water partition coefficient (Wildman–Crippen LogP) is 4.70. The van der Waals surface area contributed by atoms with E-state index >= 15 is 0 Å². The van der Waals surface area contributed by atoms with Crippen LogP contribution in [0.15, 0.2) is 72.9 Å². The van der Waals surface area contributed by atoms with Crippen LogP contribution in [0.2, 0.25) is 0 Å². The molecule has 4 rings (SSSR count). The van der Waals surface area contributed by atoms with Gasteiger partial charge in [-0.1, -0.05) is 42.5 Å². The number of piperidine rings is 1. The summed E-state index contributed by atoms with van der Waals surface area (Å²) in [5.74, 6) is -2.44. The van der Waals surface area contributed by atoms with Crippen LogP contribution >= 0.6 is 0 Å². The highest BCUT2D eigenvalue weighted by Gasteiger charge is 2.34. The van der Waals surface area contributed by atoms with Gasteiger partial charge in [-0.25, -0.2) is 13.8 Å². The van der Waals surface area contributed by atoms with Crippen molar-refractivity contribution in [3.05, 3.63) is 89.6 Å². The molecule has 1 aliphatic rings. The fourth-order valence-corrected chi connectivity index (χ4v) is 4.05. The molecule has 1 aliphatic heterocycles. The number of alkyl halides is 2. The Kier molecular flexibility index (Phi) is 7.68. The number of nitrogens with one attached hydrogen (secondary N) is 2. The third-order valence-electron chi connectivity index (χ3n) is 6.10. The van der Waals surface area contributed by atoms with Gasteiger partial charge in [0.05, 0.1) is 23.5 Å². The van der Waals surface area contributed by atoms with Crippen molar-refractivity contribution >= 4 is 17.4 Å². The first kappa shape index (κ1) is 24.3. The van der Waals surface area contributed by atoms with Crippen LogP contribution in [0.5, 0.6) is 0 Å². The number of halogens is 2. The first-order valence-corrected chi connectivity index (χ1v) is 11.6. The average Bonchev–Trinajstić information content (AvgIpc) is 2.88. The zero-order valence-corrected chi connectivity index (χ0v) is 19.3. The van der Waals surface area contributed by atoms with Crippen LogP contribution in [-0.4, -0.2) is 36.4 Å². The highest BCUT2D eigenvalue weighted by molar-refractivity contribution is 5.94. The lowest BCUT2D eigenvalue weighted by atomic mass is 10.0. The molecular formula is C27H27F2N5O. The van der Waals surface area contributed by atoms with Gasteiger partial charge < -0.3 is 15.5 Å². The van der Waals surface area contributed by atoms with E-state index in [1.54, 1.807) is 30.5 Å². The van der Waals surface area contributed by atoms with Crippen molar-refractivity contribution < 1.29 is 13.6 Å². The molecule has 1 atom stereocenters. The van der Waals surface area contributed by atoms with Gasteiger partial charge in [-0.05, 0) is 41.8 Å². The Bertz CT molecular complexity index is 1150. The number of carbonyl (C=O) groups is 1. The van der Waals surface area contributed by atoms with Crippen molar-refractivity contribution in [2.75, 3.05) is 29.9 Å². The summed E-state index contributed by atoms with van der Waals surface area (Å²) >= 11 is 0. The second kappa shape index (κ2) is 11.1. The van der Waals surface area contributed by atoms with Crippen LogP contribution in [0.25, 0.3) is 0 Å². The van der Waals surface area contributed by atoms with E-state index < -0.39 is 12.0 Å². The minimum atomic E-state index is -2.60. The van der Waals surface area contributed by atoms with Crippen molar-refractivity contribution in [2.45, 2.75) is 31.2 Å². The summed E-state index contributed by atoms with van der Waals surface area (Å²) in [5.41, 5.74) is 3.27. The van der Waals surface area contributed by atoms with Crippen LogP contribution in [0.4, 0.5) is 20.3 Å². The molecule has 1 unspecified atom stereocenters. The number of hydrogen-bond donors (Lipinski definition) is 2. The van der Waals surface area contributed by atoms with E-state index in [1.807, 2.05) is 47.4 Å². The Labute approximate surface area is 203 Å². The first-order valence-electron chi connectivity index (χ1n) is 11.6.